The van der Waals surface area contributed by atoms with Crippen LogP contribution in [0.25, 0.3) is 0 Å². The SMILES string of the molecule is CC(c1ccc(N2CC3CC3C2)nc1)n1cc(C(=O)O)cn1.[Li]. The fraction of sp³-hybridized carbons (Fsp3) is 0.438. The van der Waals surface area contributed by atoms with E-state index in [4.69, 9.17) is 5.11 Å². The first-order valence-corrected chi connectivity index (χ1v) is 7.60. The Morgan fingerprint density at radius 1 is 1.30 bits per heavy atom. The van der Waals surface area contributed by atoms with Gasteiger partial charge >= 0.3 is 5.97 Å². The van der Waals surface area contributed by atoms with Crippen LogP contribution in [0.1, 0.15) is 35.3 Å². The van der Waals surface area contributed by atoms with Crippen molar-refractivity contribution in [1.29, 1.82) is 0 Å². The first kappa shape index (κ1) is 16.1. The van der Waals surface area contributed by atoms with Crippen LogP contribution in [0.2, 0.25) is 0 Å². The predicted octanol–water partition coefficient (Wildman–Crippen LogP) is 1.66. The number of fused-ring (bicyclic) bond motifs is 1. The molecule has 4 rings (SSSR count). The second kappa shape index (κ2) is 6.03. The molecule has 115 valence electrons. The molecule has 1 N–H and O–H groups in total. The number of hydrogen-bond donors (Lipinski definition) is 1. The average Bonchev–Trinajstić information content (AvgIpc) is 2.95. The summed E-state index contributed by atoms with van der Waals surface area (Å²) in [5, 5.41) is 13.1. The van der Waals surface area contributed by atoms with E-state index in [0.717, 1.165) is 36.3 Å². The number of nitrogens with zero attached hydrogens (tertiary/aromatic N) is 4. The van der Waals surface area contributed by atoms with E-state index < -0.39 is 5.97 Å². The molecule has 6 nitrogen and oxygen atoms in total. The van der Waals surface area contributed by atoms with Crippen LogP contribution < -0.4 is 4.90 Å². The van der Waals surface area contributed by atoms with Crippen LogP contribution in [0.5, 0.6) is 0 Å². The van der Waals surface area contributed by atoms with E-state index >= 15 is 0 Å². The van der Waals surface area contributed by atoms with E-state index in [2.05, 4.69) is 27.1 Å². The zero-order valence-electron chi connectivity index (χ0n) is 13.4. The van der Waals surface area contributed by atoms with Crippen LogP contribution in [0.3, 0.4) is 0 Å². The third kappa shape index (κ3) is 3.01. The van der Waals surface area contributed by atoms with Crippen LogP contribution in [0.15, 0.2) is 30.7 Å². The second-order valence-electron chi connectivity index (χ2n) is 6.30. The maximum Gasteiger partial charge on any atom is 0.338 e. The normalized spacial score (nSPS) is 23.1. The van der Waals surface area contributed by atoms with Crippen LogP contribution in [-0.4, -0.2) is 57.8 Å². The molecule has 3 unspecified atom stereocenters. The molecule has 7 heteroatoms. The Labute approximate surface area is 146 Å². The number of aromatic nitrogens is 3. The van der Waals surface area contributed by atoms with E-state index in [1.54, 1.807) is 10.9 Å². The number of hydrogen-bond acceptors (Lipinski definition) is 4. The number of carboxylic acid groups (broad SMARTS) is 1. The van der Waals surface area contributed by atoms with Gasteiger partial charge in [-0.2, -0.15) is 5.10 Å². The van der Waals surface area contributed by atoms with Crippen molar-refractivity contribution >= 4 is 30.6 Å². The summed E-state index contributed by atoms with van der Waals surface area (Å²) in [5.41, 5.74) is 1.22. The van der Waals surface area contributed by atoms with Crippen molar-refractivity contribution in [3.63, 3.8) is 0 Å². The molecule has 3 atom stereocenters. The van der Waals surface area contributed by atoms with Gasteiger partial charge in [-0.05, 0) is 36.8 Å². The molecule has 1 aliphatic carbocycles. The molecule has 2 aromatic heterocycles. The van der Waals surface area contributed by atoms with Crippen molar-refractivity contribution in [2.45, 2.75) is 19.4 Å². The minimum Gasteiger partial charge on any atom is -0.478 e. The van der Waals surface area contributed by atoms with Crippen LogP contribution >= 0.6 is 0 Å². The van der Waals surface area contributed by atoms with E-state index in [9.17, 15) is 4.79 Å². The van der Waals surface area contributed by atoms with Gasteiger partial charge in [0.15, 0.2) is 0 Å². The quantitative estimate of drug-likeness (QED) is 0.870. The average molecular weight is 305 g/mol. The van der Waals surface area contributed by atoms with Gasteiger partial charge in [-0.15, -0.1) is 0 Å². The smallest absolute Gasteiger partial charge is 0.338 e. The van der Waals surface area contributed by atoms with Gasteiger partial charge in [-0.1, -0.05) is 6.07 Å². The molecule has 1 saturated heterocycles. The Kier molecular flexibility index (Phi) is 4.22. The van der Waals surface area contributed by atoms with Crippen LogP contribution in [0.4, 0.5) is 5.82 Å². The monoisotopic (exact) mass is 305 g/mol. The maximum absolute atomic E-state index is 10.9. The Morgan fingerprint density at radius 2 is 2.04 bits per heavy atom. The Morgan fingerprint density at radius 3 is 2.61 bits per heavy atom. The van der Waals surface area contributed by atoms with Gasteiger partial charge in [0.25, 0.3) is 0 Å². The first-order valence-electron chi connectivity index (χ1n) is 7.60. The molecular formula is C16H18LiN4O2. The number of aromatic carboxylic acids is 1. The summed E-state index contributed by atoms with van der Waals surface area (Å²) in [4.78, 5) is 17.8. The van der Waals surface area contributed by atoms with E-state index in [1.165, 1.54) is 12.6 Å². The summed E-state index contributed by atoms with van der Waals surface area (Å²) in [5.74, 6) is 1.85. The topological polar surface area (TPSA) is 71.2 Å². The number of carbonyl (C=O) groups is 1. The van der Waals surface area contributed by atoms with Gasteiger partial charge in [0, 0.05) is 44.3 Å². The van der Waals surface area contributed by atoms with Gasteiger partial charge in [0.2, 0.25) is 0 Å². The third-order valence-electron chi connectivity index (χ3n) is 4.80. The van der Waals surface area contributed by atoms with Crippen LogP contribution in [-0.2, 0) is 0 Å². The molecule has 2 aliphatic rings. The molecule has 23 heavy (non-hydrogen) atoms. The summed E-state index contributed by atoms with van der Waals surface area (Å²) in [6.45, 7) is 4.25. The second-order valence-corrected chi connectivity index (χ2v) is 6.30. The van der Waals surface area contributed by atoms with Gasteiger partial charge in [0.1, 0.15) is 5.82 Å². The van der Waals surface area contributed by atoms with E-state index in [1.807, 2.05) is 13.1 Å². The summed E-state index contributed by atoms with van der Waals surface area (Å²) in [6, 6.07) is 4.07. The fourth-order valence-corrected chi connectivity index (χ4v) is 3.23. The first-order chi connectivity index (χ1) is 10.6. The van der Waals surface area contributed by atoms with E-state index in [-0.39, 0.29) is 30.5 Å². The fourth-order valence-electron chi connectivity index (χ4n) is 3.23. The van der Waals surface area contributed by atoms with Crippen molar-refractivity contribution < 1.29 is 9.90 Å². The minimum absolute atomic E-state index is 0. The molecule has 1 aliphatic heterocycles. The molecule has 1 radical (unpaired) electrons. The number of piperidine rings is 1. The summed E-state index contributed by atoms with van der Waals surface area (Å²) < 4.78 is 1.66. The predicted molar refractivity (Wildman–Crippen MR) is 86.8 cm³/mol. The molecule has 3 heterocycles. The zero-order chi connectivity index (χ0) is 15.3. The standard InChI is InChI=1S/C16H18N4O2.Li/c1-10(20-9-14(6-18-20)16(21)22)11-2-3-15(17-5-11)19-7-12-4-13(12)8-19;/h2-3,5-6,9-10,12-13H,4,7-8H2,1H3,(H,21,22);. The molecule has 0 aromatic carbocycles. The number of carboxylic acids is 1. The molecule has 0 spiro atoms. The molecule has 2 fully saturated rings. The third-order valence-corrected chi connectivity index (χ3v) is 4.80. The number of anilines is 1. The van der Waals surface area contributed by atoms with Gasteiger partial charge in [-0.3, -0.25) is 4.68 Å². The molecule has 0 amide bonds. The summed E-state index contributed by atoms with van der Waals surface area (Å²) in [7, 11) is 0. The minimum atomic E-state index is -0.959. The summed E-state index contributed by atoms with van der Waals surface area (Å²) in [6.07, 6.45) is 6.18. The Hall–Kier alpha value is -1.77. The van der Waals surface area contributed by atoms with Gasteiger partial charge < -0.3 is 10.0 Å². The zero-order valence-corrected chi connectivity index (χ0v) is 13.4. The molecular weight excluding hydrogens is 287 g/mol. The maximum atomic E-state index is 10.9. The van der Waals surface area contributed by atoms with Gasteiger partial charge in [-0.25, -0.2) is 9.78 Å². The van der Waals surface area contributed by atoms with Crippen molar-refractivity contribution in [1.82, 2.24) is 14.8 Å². The van der Waals surface area contributed by atoms with Gasteiger partial charge in [0.05, 0.1) is 17.8 Å². The number of pyridine rings is 1. The number of rotatable bonds is 4. The van der Waals surface area contributed by atoms with Crippen LogP contribution in [0, 0.1) is 11.8 Å². The van der Waals surface area contributed by atoms with E-state index in [0.29, 0.717) is 0 Å². The van der Waals surface area contributed by atoms with Crippen molar-refractivity contribution in [3.05, 3.63) is 41.9 Å². The van der Waals surface area contributed by atoms with Crippen molar-refractivity contribution in [2.75, 3.05) is 18.0 Å². The van der Waals surface area contributed by atoms with Crippen molar-refractivity contribution in [2.24, 2.45) is 11.8 Å². The molecule has 0 bridgehead atoms. The molecule has 2 aromatic rings. The molecule has 1 saturated carbocycles. The summed E-state index contributed by atoms with van der Waals surface area (Å²) >= 11 is 0. The Bertz CT molecular complexity index is 705. The largest absolute Gasteiger partial charge is 0.478 e. The Balaban J connectivity index is 0.00000156. The van der Waals surface area contributed by atoms with Crippen molar-refractivity contribution in [3.8, 4) is 0 Å².